The number of anilines is 1. The van der Waals surface area contributed by atoms with Crippen LogP contribution in [0.2, 0.25) is 0 Å². The van der Waals surface area contributed by atoms with Gasteiger partial charge in [0.15, 0.2) is 0 Å². The highest BCUT2D eigenvalue weighted by Crippen LogP contribution is 2.59. The van der Waals surface area contributed by atoms with Crippen molar-refractivity contribution in [2.24, 2.45) is 17.3 Å². The SMILES string of the molecule is CC(C)=C[C@H]1[C@@H](C(=O)Nc2cccc(S(=O)(=O)N(C)C)c2)C1(C)C. The average molecular weight is 350 g/mol. The van der Waals surface area contributed by atoms with E-state index in [9.17, 15) is 13.2 Å². The van der Waals surface area contributed by atoms with Crippen LogP contribution < -0.4 is 5.32 Å². The van der Waals surface area contributed by atoms with E-state index in [4.69, 9.17) is 0 Å². The van der Waals surface area contributed by atoms with Gasteiger partial charge in [-0.15, -0.1) is 0 Å². The lowest BCUT2D eigenvalue weighted by Crippen LogP contribution is -2.22. The van der Waals surface area contributed by atoms with Crippen molar-refractivity contribution < 1.29 is 13.2 Å². The van der Waals surface area contributed by atoms with E-state index in [2.05, 4.69) is 25.2 Å². The summed E-state index contributed by atoms with van der Waals surface area (Å²) < 4.78 is 25.6. The zero-order valence-electron chi connectivity index (χ0n) is 15.1. The summed E-state index contributed by atoms with van der Waals surface area (Å²) in [6.45, 7) is 8.21. The van der Waals surface area contributed by atoms with Crippen molar-refractivity contribution in [2.45, 2.75) is 32.6 Å². The van der Waals surface area contributed by atoms with Crippen molar-refractivity contribution >= 4 is 21.6 Å². The van der Waals surface area contributed by atoms with Gasteiger partial charge in [-0.3, -0.25) is 4.79 Å². The number of hydrogen-bond donors (Lipinski definition) is 1. The molecule has 0 aromatic heterocycles. The van der Waals surface area contributed by atoms with E-state index in [0.717, 1.165) is 4.31 Å². The second-order valence-electron chi connectivity index (χ2n) is 7.37. The molecule has 1 N–H and O–H groups in total. The lowest BCUT2D eigenvalue weighted by Gasteiger charge is -2.13. The quantitative estimate of drug-likeness (QED) is 0.830. The van der Waals surface area contributed by atoms with Crippen molar-refractivity contribution in [1.29, 1.82) is 0 Å². The predicted octanol–water partition coefficient (Wildman–Crippen LogP) is 3.11. The molecule has 2 rings (SSSR count). The van der Waals surface area contributed by atoms with Gasteiger partial charge in [-0.05, 0) is 43.4 Å². The smallest absolute Gasteiger partial charge is 0.242 e. The summed E-state index contributed by atoms with van der Waals surface area (Å²) in [4.78, 5) is 12.7. The summed E-state index contributed by atoms with van der Waals surface area (Å²) >= 11 is 0. The second-order valence-corrected chi connectivity index (χ2v) is 9.53. The highest BCUT2D eigenvalue weighted by atomic mass is 32.2. The summed E-state index contributed by atoms with van der Waals surface area (Å²) in [5.41, 5.74) is 1.62. The van der Waals surface area contributed by atoms with Crippen LogP contribution in [0.3, 0.4) is 0 Å². The Morgan fingerprint density at radius 2 is 1.88 bits per heavy atom. The zero-order chi connectivity index (χ0) is 18.3. The highest BCUT2D eigenvalue weighted by molar-refractivity contribution is 7.89. The normalized spacial score (nSPS) is 22.1. The van der Waals surface area contributed by atoms with Gasteiger partial charge in [0, 0.05) is 19.8 Å². The molecule has 6 heteroatoms. The minimum Gasteiger partial charge on any atom is -0.326 e. The third kappa shape index (κ3) is 3.54. The van der Waals surface area contributed by atoms with Gasteiger partial charge in [-0.1, -0.05) is 31.6 Å². The molecule has 0 aliphatic heterocycles. The lowest BCUT2D eigenvalue weighted by atomic mass is 10.1. The molecular formula is C18H26N2O3S. The van der Waals surface area contributed by atoms with Gasteiger partial charge in [0.1, 0.15) is 0 Å². The first-order chi connectivity index (χ1) is 11.0. The largest absolute Gasteiger partial charge is 0.326 e. The minimum absolute atomic E-state index is 0.0677. The Kier molecular flexibility index (Phi) is 4.93. The Morgan fingerprint density at radius 1 is 1.25 bits per heavy atom. The molecule has 0 unspecified atom stereocenters. The van der Waals surface area contributed by atoms with Gasteiger partial charge < -0.3 is 5.32 Å². The van der Waals surface area contributed by atoms with E-state index in [1.807, 2.05) is 13.8 Å². The Balaban J connectivity index is 2.18. The number of hydrogen-bond acceptors (Lipinski definition) is 3. The minimum atomic E-state index is -3.52. The molecule has 132 valence electrons. The first-order valence-electron chi connectivity index (χ1n) is 7.96. The average Bonchev–Trinajstić information content (AvgIpc) is 2.99. The molecule has 1 aromatic rings. The van der Waals surface area contributed by atoms with Gasteiger partial charge >= 0.3 is 0 Å². The van der Waals surface area contributed by atoms with Crippen LogP contribution in [0.4, 0.5) is 5.69 Å². The first-order valence-corrected chi connectivity index (χ1v) is 9.40. The maximum absolute atomic E-state index is 12.6. The molecule has 1 fully saturated rings. The van der Waals surface area contributed by atoms with Crippen molar-refractivity contribution in [3.8, 4) is 0 Å². The van der Waals surface area contributed by atoms with E-state index in [1.54, 1.807) is 12.1 Å². The van der Waals surface area contributed by atoms with Gasteiger partial charge in [-0.2, -0.15) is 0 Å². The number of carbonyl (C=O) groups is 1. The summed E-state index contributed by atoms with van der Waals surface area (Å²) in [6, 6.07) is 6.37. The molecule has 1 aliphatic carbocycles. The predicted molar refractivity (Wildman–Crippen MR) is 96.1 cm³/mol. The maximum atomic E-state index is 12.6. The molecule has 0 heterocycles. The van der Waals surface area contributed by atoms with Crippen LogP contribution >= 0.6 is 0 Å². The molecule has 2 atom stereocenters. The Hall–Kier alpha value is -1.66. The Labute approximate surface area is 144 Å². The first kappa shape index (κ1) is 18.7. The third-order valence-electron chi connectivity index (χ3n) is 4.59. The molecule has 0 spiro atoms. The van der Waals surface area contributed by atoms with Crippen LogP contribution in [0, 0.1) is 17.3 Å². The molecule has 1 aromatic carbocycles. The van der Waals surface area contributed by atoms with E-state index in [0.29, 0.717) is 5.69 Å². The van der Waals surface area contributed by atoms with Gasteiger partial charge in [-0.25, -0.2) is 12.7 Å². The number of sulfonamides is 1. The highest BCUT2D eigenvalue weighted by Gasteiger charge is 2.60. The van der Waals surface area contributed by atoms with E-state index >= 15 is 0 Å². The number of amides is 1. The Bertz CT molecular complexity index is 775. The molecule has 0 radical (unpaired) electrons. The maximum Gasteiger partial charge on any atom is 0.242 e. The Morgan fingerprint density at radius 3 is 2.42 bits per heavy atom. The van der Waals surface area contributed by atoms with Crippen LogP contribution in [-0.2, 0) is 14.8 Å². The molecule has 24 heavy (non-hydrogen) atoms. The monoisotopic (exact) mass is 350 g/mol. The summed E-state index contributed by atoms with van der Waals surface area (Å²) in [6.07, 6.45) is 2.14. The van der Waals surface area contributed by atoms with Gasteiger partial charge in [0.05, 0.1) is 10.8 Å². The van der Waals surface area contributed by atoms with Crippen LogP contribution in [0.25, 0.3) is 0 Å². The number of nitrogens with one attached hydrogen (secondary N) is 1. The van der Waals surface area contributed by atoms with Crippen LogP contribution in [0.15, 0.2) is 40.8 Å². The summed E-state index contributed by atoms with van der Waals surface area (Å²) in [5.74, 6) is 0.0552. The molecule has 0 bridgehead atoms. The number of rotatable bonds is 5. The van der Waals surface area contributed by atoms with Crippen molar-refractivity contribution in [3.63, 3.8) is 0 Å². The number of nitrogens with zero attached hydrogens (tertiary/aromatic N) is 1. The number of carbonyl (C=O) groups excluding carboxylic acids is 1. The fourth-order valence-corrected chi connectivity index (χ4v) is 3.96. The number of benzene rings is 1. The van der Waals surface area contributed by atoms with E-state index in [1.165, 1.54) is 31.8 Å². The molecule has 1 amide bonds. The standard InChI is InChI=1S/C18H26N2O3S/c1-12(2)10-15-16(18(15,3)4)17(21)19-13-8-7-9-14(11-13)24(22,23)20(5)6/h7-11,15-16H,1-6H3,(H,19,21)/t15-,16-/m0/s1. The zero-order valence-corrected chi connectivity index (χ0v) is 15.9. The fraction of sp³-hybridized carbons (Fsp3) is 0.500. The lowest BCUT2D eigenvalue weighted by molar-refractivity contribution is -0.118. The van der Waals surface area contributed by atoms with Crippen molar-refractivity contribution in [1.82, 2.24) is 4.31 Å². The van der Waals surface area contributed by atoms with Crippen LogP contribution in [-0.4, -0.2) is 32.7 Å². The molecule has 5 nitrogen and oxygen atoms in total. The second kappa shape index (κ2) is 6.33. The molecular weight excluding hydrogens is 324 g/mol. The van der Waals surface area contributed by atoms with Crippen molar-refractivity contribution in [2.75, 3.05) is 19.4 Å². The van der Waals surface area contributed by atoms with Gasteiger partial charge in [0.2, 0.25) is 15.9 Å². The van der Waals surface area contributed by atoms with E-state index in [-0.39, 0.29) is 28.1 Å². The topological polar surface area (TPSA) is 66.5 Å². The van der Waals surface area contributed by atoms with Crippen LogP contribution in [0.1, 0.15) is 27.7 Å². The number of allylic oxidation sites excluding steroid dienone is 2. The fourth-order valence-electron chi connectivity index (χ4n) is 3.01. The van der Waals surface area contributed by atoms with Crippen molar-refractivity contribution in [3.05, 3.63) is 35.9 Å². The molecule has 1 aliphatic rings. The van der Waals surface area contributed by atoms with Crippen LogP contribution in [0.5, 0.6) is 0 Å². The third-order valence-corrected chi connectivity index (χ3v) is 6.40. The summed E-state index contributed by atoms with van der Waals surface area (Å²) in [5, 5.41) is 2.86. The van der Waals surface area contributed by atoms with Gasteiger partial charge in [0.25, 0.3) is 0 Å². The summed E-state index contributed by atoms with van der Waals surface area (Å²) in [7, 11) is -0.550. The molecule has 0 saturated heterocycles. The van der Waals surface area contributed by atoms with E-state index < -0.39 is 10.0 Å². The molecule has 1 saturated carbocycles.